The SMILES string of the molecule is CC(=O)Oc1ccc(Cc2ccc(C3(C4CC5C=CC4C5)CCCCC3)cc2)cc1. The molecule has 3 unspecified atom stereocenters. The van der Waals surface area contributed by atoms with Crippen molar-refractivity contribution in [3.05, 3.63) is 77.4 Å². The molecule has 2 bridgehead atoms. The fourth-order valence-corrected chi connectivity index (χ4v) is 6.50. The van der Waals surface area contributed by atoms with Crippen LogP contribution in [0, 0.1) is 17.8 Å². The molecular weight excluding hydrogens is 368 g/mol. The fourth-order valence-electron chi connectivity index (χ4n) is 6.50. The number of carbonyl (C=O) groups is 1. The Kier molecular flexibility index (Phi) is 5.26. The van der Waals surface area contributed by atoms with Crippen LogP contribution in [0.4, 0.5) is 0 Å². The summed E-state index contributed by atoms with van der Waals surface area (Å²) in [4.78, 5) is 11.1. The molecule has 0 aliphatic heterocycles. The Labute approximate surface area is 180 Å². The number of fused-ring (bicyclic) bond motifs is 2. The summed E-state index contributed by atoms with van der Waals surface area (Å²) in [7, 11) is 0. The van der Waals surface area contributed by atoms with E-state index in [1.165, 1.54) is 63.0 Å². The normalized spacial score (nSPS) is 26.6. The van der Waals surface area contributed by atoms with Crippen molar-refractivity contribution in [3.8, 4) is 5.75 Å². The number of ether oxygens (including phenoxy) is 1. The van der Waals surface area contributed by atoms with Gasteiger partial charge in [-0.2, -0.15) is 0 Å². The summed E-state index contributed by atoms with van der Waals surface area (Å²) in [5, 5.41) is 0. The summed E-state index contributed by atoms with van der Waals surface area (Å²) in [5.41, 5.74) is 4.57. The van der Waals surface area contributed by atoms with E-state index in [4.69, 9.17) is 4.74 Å². The molecule has 3 aliphatic rings. The molecule has 2 heteroatoms. The third-order valence-electron chi connectivity index (χ3n) is 7.86. The number of hydrogen-bond donors (Lipinski definition) is 0. The molecule has 0 saturated heterocycles. The first-order valence-electron chi connectivity index (χ1n) is 11.7. The van der Waals surface area contributed by atoms with Crippen molar-refractivity contribution in [2.24, 2.45) is 17.8 Å². The summed E-state index contributed by atoms with van der Waals surface area (Å²) < 4.78 is 5.14. The number of rotatable bonds is 5. The van der Waals surface area contributed by atoms with Gasteiger partial charge in [0.05, 0.1) is 0 Å². The average molecular weight is 401 g/mol. The number of esters is 1. The van der Waals surface area contributed by atoms with Gasteiger partial charge >= 0.3 is 5.97 Å². The van der Waals surface area contributed by atoms with E-state index in [1.807, 2.05) is 12.1 Å². The maximum absolute atomic E-state index is 11.1. The van der Waals surface area contributed by atoms with Gasteiger partial charge in [-0.05, 0) is 84.1 Å². The Hall–Kier alpha value is -2.35. The maximum Gasteiger partial charge on any atom is 0.308 e. The molecule has 3 aliphatic carbocycles. The zero-order valence-electron chi connectivity index (χ0n) is 18.0. The van der Waals surface area contributed by atoms with Crippen LogP contribution in [-0.4, -0.2) is 5.97 Å². The van der Waals surface area contributed by atoms with Crippen molar-refractivity contribution in [2.75, 3.05) is 0 Å². The second-order valence-electron chi connectivity index (χ2n) is 9.71. The lowest BCUT2D eigenvalue weighted by Crippen LogP contribution is -2.39. The van der Waals surface area contributed by atoms with E-state index in [0.29, 0.717) is 11.2 Å². The molecule has 2 saturated carbocycles. The number of allylic oxidation sites excluding steroid dienone is 2. The molecule has 2 fully saturated rings. The Morgan fingerprint density at radius 3 is 2.13 bits per heavy atom. The minimum atomic E-state index is -0.277. The van der Waals surface area contributed by atoms with Gasteiger partial charge < -0.3 is 4.74 Å². The molecular formula is C28H32O2. The van der Waals surface area contributed by atoms with Crippen molar-refractivity contribution < 1.29 is 9.53 Å². The van der Waals surface area contributed by atoms with Gasteiger partial charge in [-0.25, -0.2) is 0 Å². The van der Waals surface area contributed by atoms with Crippen LogP contribution >= 0.6 is 0 Å². The second-order valence-corrected chi connectivity index (χ2v) is 9.71. The minimum absolute atomic E-state index is 0.277. The predicted octanol–water partition coefficient (Wildman–Crippen LogP) is 6.62. The van der Waals surface area contributed by atoms with Crippen molar-refractivity contribution in [1.82, 2.24) is 0 Å². The molecule has 0 aromatic heterocycles. The van der Waals surface area contributed by atoms with E-state index in [2.05, 4.69) is 48.6 Å². The highest BCUT2D eigenvalue weighted by molar-refractivity contribution is 5.69. The Bertz CT molecular complexity index is 916. The molecule has 2 aromatic rings. The fraction of sp³-hybridized carbons (Fsp3) is 0.464. The first-order valence-corrected chi connectivity index (χ1v) is 11.7. The van der Waals surface area contributed by atoms with E-state index in [0.717, 1.165) is 24.2 Å². The molecule has 156 valence electrons. The van der Waals surface area contributed by atoms with Crippen LogP contribution in [0.1, 0.15) is 68.6 Å². The van der Waals surface area contributed by atoms with Crippen molar-refractivity contribution in [3.63, 3.8) is 0 Å². The van der Waals surface area contributed by atoms with Crippen LogP contribution in [0.15, 0.2) is 60.7 Å². The summed E-state index contributed by atoms with van der Waals surface area (Å²) in [6.45, 7) is 1.43. The highest BCUT2D eigenvalue weighted by Gasteiger charge is 2.49. The lowest BCUT2D eigenvalue weighted by Gasteiger charge is -2.45. The topological polar surface area (TPSA) is 26.3 Å². The molecule has 0 heterocycles. The lowest BCUT2D eigenvalue weighted by atomic mass is 9.59. The van der Waals surface area contributed by atoms with Crippen molar-refractivity contribution in [1.29, 1.82) is 0 Å². The predicted molar refractivity (Wildman–Crippen MR) is 121 cm³/mol. The first kappa shape index (κ1) is 19.6. The summed E-state index contributed by atoms with van der Waals surface area (Å²) in [6, 6.07) is 17.4. The van der Waals surface area contributed by atoms with E-state index < -0.39 is 0 Å². The van der Waals surface area contributed by atoms with Crippen LogP contribution < -0.4 is 4.74 Å². The zero-order valence-corrected chi connectivity index (χ0v) is 18.0. The molecule has 2 nitrogen and oxygen atoms in total. The molecule has 0 spiro atoms. The van der Waals surface area contributed by atoms with E-state index >= 15 is 0 Å². The molecule has 2 aromatic carbocycles. The third-order valence-corrected chi connectivity index (χ3v) is 7.86. The monoisotopic (exact) mass is 400 g/mol. The number of carbonyl (C=O) groups excluding carboxylic acids is 1. The highest BCUT2D eigenvalue weighted by Crippen LogP contribution is 2.57. The quantitative estimate of drug-likeness (QED) is 0.320. The van der Waals surface area contributed by atoms with Gasteiger partial charge in [0.1, 0.15) is 5.75 Å². The Morgan fingerprint density at radius 1 is 0.900 bits per heavy atom. The highest BCUT2D eigenvalue weighted by atomic mass is 16.5. The standard InChI is InChI=1S/C28H32O2/c1-20(29)30-26-13-8-22(9-14-26)17-21-6-11-25(12-7-21)28(15-3-2-4-16-28)27-19-23-5-10-24(27)18-23/h5-14,23-24,27H,2-4,15-19H2,1H3. The van der Waals surface area contributed by atoms with Gasteiger partial charge in [-0.3, -0.25) is 4.79 Å². The number of benzene rings is 2. The second kappa shape index (κ2) is 8.06. The molecule has 0 radical (unpaired) electrons. The van der Waals surface area contributed by atoms with Crippen LogP contribution in [0.3, 0.4) is 0 Å². The average Bonchev–Trinajstić information content (AvgIpc) is 3.40. The molecule has 30 heavy (non-hydrogen) atoms. The minimum Gasteiger partial charge on any atom is -0.427 e. The summed E-state index contributed by atoms with van der Waals surface area (Å²) >= 11 is 0. The van der Waals surface area contributed by atoms with Gasteiger partial charge in [0.25, 0.3) is 0 Å². The summed E-state index contributed by atoms with van der Waals surface area (Å²) in [5.74, 6) is 2.82. The number of hydrogen-bond acceptors (Lipinski definition) is 2. The van der Waals surface area contributed by atoms with Crippen LogP contribution in [0.5, 0.6) is 5.75 Å². The van der Waals surface area contributed by atoms with Gasteiger partial charge in [0.2, 0.25) is 0 Å². The van der Waals surface area contributed by atoms with E-state index in [-0.39, 0.29) is 5.97 Å². The largest absolute Gasteiger partial charge is 0.427 e. The Morgan fingerprint density at radius 2 is 1.57 bits per heavy atom. The van der Waals surface area contributed by atoms with Gasteiger partial charge in [-0.1, -0.05) is 67.8 Å². The molecule has 5 rings (SSSR count). The van der Waals surface area contributed by atoms with Gasteiger partial charge in [0.15, 0.2) is 0 Å². The van der Waals surface area contributed by atoms with Gasteiger partial charge in [-0.15, -0.1) is 0 Å². The lowest BCUT2D eigenvalue weighted by molar-refractivity contribution is -0.131. The first-order chi connectivity index (χ1) is 14.6. The zero-order chi connectivity index (χ0) is 20.6. The van der Waals surface area contributed by atoms with Crippen molar-refractivity contribution in [2.45, 2.75) is 63.7 Å². The van der Waals surface area contributed by atoms with Crippen molar-refractivity contribution >= 4 is 5.97 Å². The smallest absolute Gasteiger partial charge is 0.308 e. The molecule has 0 N–H and O–H groups in total. The van der Waals surface area contributed by atoms with Crippen LogP contribution in [-0.2, 0) is 16.6 Å². The van der Waals surface area contributed by atoms with Crippen LogP contribution in [0.25, 0.3) is 0 Å². The third kappa shape index (κ3) is 3.73. The molecule has 0 amide bonds. The Balaban J connectivity index is 1.34. The maximum atomic E-state index is 11.1. The van der Waals surface area contributed by atoms with Crippen LogP contribution in [0.2, 0.25) is 0 Å². The van der Waals surface area contributed by atoms with E-state index in [1.54, 1.807) is 5.56 Å². The van der Waals surface area contributed by atoms with Gasteiger partial charge in [0, 0.05) is 6.92 Å². The summed E-state index contributed by atoms with van der Waals surface area (Å²) in [6.07, 6.45) is 15.6. The van der Waals surface area contributed by atoms with E-state index in [9.17, 15) is 4.79 Å². The molecule has 3 atom stereocenters.